The predicted molar refractivity (Wildman–Crippen MR) is 126 cm³/mol. The number of aromatic nitrogens is 3. The fourth-order valence-corrected chi connectivity index (χ4v) is 5.55. The standard InChI is InChI=1S/C24H25N5O4S/c1-12-21(22(25)30)28-23(27-12)18-9-15(6-7-26-18)16-8-17-11-29(13(2)14-4-5-14)24(31)20(17)19(10-16)34(3,32)33/h6-10,13-14H,4-5,11H2,1-3H3,(H2,25,30)(H,27,28)/t13-/m0/s1. The van der Waals surface area contributed by atoms with Gasteiger partial charge in [0.05, 0.1) is 16.2 Å². The third kappa shape index (κ3) is 3.77. The van der Waals surface area contributed by atoms with Gasteiger partial charge in [-0.05, 0) is 73.6 Å². The number of carbonyl (C=O) groups excluding carboxylic acids is 2. The van der Waals surface area contributed by atoms with Crippen LogP contribution in [0.25, 0.3) is 22.6 Å². The number of hydrogen-bond donors (Lipinski definition) is 2. The van der Waals surface area contributed by atoms with Crippen LogP contribution < -0.4 is 5.73 Å². The van der Waals surface area contributed by atoms with Crippen molar-refractivity contribution in [3.8, 4) is 22.6 Å². The van der Waals surface area contributed by atoms with Crippen molar-refractivity contribution in [2.75, 3.05) is 6.26 Å². The first-order valence-corrected chi connectivity index (χ1v) is 12.9. The molecule has 3 N–H and O–H groups in total. The Morgan fingerprint density at radius 3 is 2.59 bits per heavy atom. The molecule has 2 aromatic heterocycles. The first-order valence-electron chi connectivity index (χ1n) is 11.1. The zero-order valence-corrected chi connectivity index (χ0v) is 19.9. The van der Waals surface area contributed by atoms with Gasteiger partial charge in [0.1, 0.15) is 11.4 Å². The highest BCUT2D eigenvalue weighted by molar-refractivity contribution is 7.90. The number of sulfone groups is 1. The van der Waals surface area contributed by atoms with Crippen LogP contribution in [0.1, 0.15) is 51.9 Å². The first kappa shape index (κ1) is 22.3. The minimum Gasteiger partial charge on any atom is -0.364 e. The lowest BCUT2D eigenvalue weighted by Crippen LogP contribution is -2.35. The highest BCUT2D eigenvalue weighted by atomic mass is 32.2. The highest BCUT2D eigenvalue weighted by Crippen LogP contribution is 2.41. The SMILES string of the molecule is Cc1nc(-c2cc(-c3cc4c(c(S(C)(=O)=O)c3)C(=O)N([C@@H](C)C3CC3)C4)ccn2)[nH]c1C(N)=O. The summed E-state index contributed by atoms with van der Waals surface area (Å²) in [4.78, 5) is 38.2. The van der Waals surface area contributed by atoms with Crippen molar-refractivity contribution in [2.24, 2.45) is 11.7 Å². The van der Waals surface area contributed by atoms with Gasteiger partial charge in [0.15, 0.2) is 15.7 Å². The number of carbonyl (C=O) groups is 2. The van der Waals surface area contributed by atoms with E-state index in [1.807, 2.05) is 13.0 Å². The van der Waals surface area contributed by atoms with Crippen molar-refractivity contribution in [1.29, 1.82) is 0 Å². The summed E-state index contributed by atoms with van der Waals surface area (Å²) in [6, 6.07) is 7.04. The molecule has 0 unspecified atom stereocenters. The molecule has 2 aliphatic rings. The van der Waals surface area contributed by atoms with Gasteiger partial charge in [-0.25, -0.2) is 13.4 Å². The number of nitrogens with zero attached hydrogens (tertiary/aromatic N) is 3. The molecule has 176 valence electrons. The number of nitrogens with two attached hydrogens (primary N) is 1. The van der Waals surface area contributed by atoms with Gasteiger partial charge in [0.2, 0.25) is 0 Å². The summed E-state index contributed by atoms with van der Waals surface area (Å²) in [5.74, 6) is 0.0294. The second-order valence-electron chi connectivity index (χ2n) is 9.13. The van der Waals surface area contributed by atoms with E-state index in [9.17, 15) is 18.0 Å². The van der Waals surface area contributed by atoms with E-state index < -0.39 is 15.7 Å². The van der Waals surface area contributed by atoms with E-state index in [0.717, 1.165) is 19.1 Å². The Bertz CT molecular complexity index is 1460. The molecule has 1 atom stereocenters. The van der Waals surface area contributed by atoms with Crippen LogP contribution in [-0.2, 0) is 16.4 Å². The molecule has 0 saturated heterocycles. The first-order chi connectivity index (χ1) is 16.0. The smallest absolute Gasteiger partial charge is 0.267 e. The molecule has 0 spiro atoms. The molecule has 0 bridgehead atoms. The zero-order chi connectivity index (χ0) is 24.4. The summed E-state index contributed by atoms with van der Waals surface area (Å²) < 4.78 is 25.4. The Morgan fingerprint density at radius 2 is 1.97 bits per heavy atom. The molecule has 1 fully saturated rings. The Balaban J connectivity index is 1.59. The van der Waals surface area contributed by atoms with Crippen LogP contribution in [0.3, 0.4) is 0 Å². The van der Waals surface area contributed by atoms with Crippen LogP contribution in [0.5, 0.6) is 0 Å². The monoisotopic (exact) mass is 479 g/mol. The number of aromatic amines is 1. The molecule has 1 saturated carbocycles. The molecule has 3 aromatic rings. The van der Waals surface area contributed by atoms with Crippen LogP contribution >= 0.6 is 0 Å². The molecule has 34 heavy (non-hydrogen) atoms. The second-order valence-corrected chi connectivity index (χ2v) is 11.1. The van der Waals surface area contributed by atoms with Crippen molar-refractivity contribution < 1.29 is 18.0 Å². The number of pyridine rings is 1. The fraction of sp³-hybridized carbons (Fsp3) is 0.333. The maximum Gasteiger partial charge on any atom is 0.267 e. The minimum absolute atomic E-state index is 0.0405. The van der Waals surface area contributed by atoms with Gasteiger partial charge in [-0.1, -0.05) is 0 Å². The molecule has 5 rings (SSSR count). The number of aryl methyl sites for hydroxylation is 1. The highest BCUT2D eigenvalue weighted by Gasteiger charge is 2.40. The van der Waals surface area contributed by atoms with Crippen molar-refractivity contribution in [3.63, 3.8) is 0 Å². The lowest BCUT2D eigenvalue weighted by Gasteiger charge is -2.24. The lowest BCUT2D eigenvalue weighted by molar-refractivity contribution is 0.0694. The average molecular weight is 480 g/mol. The van der Waals surface area contributed by atoms with Crippen molar-refractivity contribution in [3.05, 3.63) is 53.0 Å². The molecule has 3 heterocycles. The van der Waals surface area contributed by atoms with E-state index in [4.69, 9.17) is 5.73 Å². The lowest BCUT2D eigenvalue weighted by atomic mass is 10.0. The van der Waals surface area contributed by atoms with Gasteiger partial charge in [0, 0.05) is 25.0 Å². The van der Waals surface area contributed by atoms with Crippen LogP contribution in [0.4, 0.5) is 0 Å². The Hall–Kier alpha value is -3.53. The van der Waals surface area contributed by atoms with E-state index >= 15 is 0 Å². The summed E-state index contributed by atoms with van der Waals surface area (Å²) in [6.45, 7) is 4.09. The number of hydrogen-bond acceptors (Lipinski definition) is 6. The normalized spacial score (nSPS) is 16.6. The van der Waals surface area contributed by atoms with E-state index in [0.29, 0.717) is 46.4 Å². The van der Waals surface area contributed by atoms with Crippen LogP contribution in [0.2, 0.25) is 0 Å². The molecule has 1 aliphatic heterocycles. The Labute approximate surface area is 197 Å². The molecule has 9 nitrogen and oxygen atoms in total. The van der Waals surface area contributed by atoms with Gasteiger partial charge >= 0.3 is 0 Å². The quantitative estimate of drug-likeness (QED) is 0.557. The summed E-state index contributed by atoms with van der Waals surface area (Å²) in [5.41, 5.74) is 8.91. The third-order valence-electron chi connectivity index (χ3n) is 6.66. The molecule has 10 heteroatoms. The Kier molecular flexibility index (Phi) is 5.09. The maximum absolute atomic E-state index is 13.2. The maximum atomic E-state index is 13.2. The van der Waals surface area contributed by atoms with E-state index in [-0.39, 0.29) is 28.1 Å². The molecule has 1 aliphatic carbocycles. The van der Waals surface area contributed by atoms with Crippen molar-refractivity contribution >= 4 is 21.7 Å². The minimum atomic E-state index is -3.65. The second kappa shape index (κ2) is 7.76. The molecule has 1 aromatic carbocycles. The van der Waals surface area contributed by atoms with Crippen LogP contribution in [-0.4, -0.2) is 52.4 Å². The number of benzene rings is 1. The van der Waals surface area contributed by atoms with Gasteiger partial charge in [-0.15, -0.1) is 0 Å². The van der Waals surface area contributed by atoms with Crippen LogP contribution in [0, 0.1) is 12.8 Å². The number of H-pyrrole nitrogens is 1. The third-order valence-corrected chi connectivity index (χ3v) is 7.78. The number of nitrogens with one attached hydrogen (secondary N) is 1. The number of fused-ring (bicyclic) bond motifs is 1. The topological polar surface area (TPSA) is 139 Å². The van der Waals surface area contributed by atoms with Crippen molar-refractivity contribution in [2.45, 2.75) is 44.2 Å². The number of amides is 2. The summed E-state index contributed by atoms with van der Waals surface area (Å²) >= 11 is 0. The van der Waals surface area contributed by atoms with Gasteiger partial charge in [0.25, 0.3) is 11.8 Å². The van der Waals surface area contributed by atoms with Gasteiger partial charge in [-0.2, -0.15) is 0 Å². The largest absolute Gasteiger partial charge is 0.364 e. The van der Waals surface area contributed by atoms with E-state index in [1.54, 1.807) is 36.2 Å². The molecular weight excluding hydrogens is 454 g/mol. The average Bonchev–Trinajstić information content (AvgIpc) is 3.48. The molecule has 2 amide bonds. The number of primary amides is 1. The van der Waals surface area contributed by atoms with E-state index in [2.05, 4.69) is 15.0 Å². The zero-order valence-electron chi connectivity index (χ0n) is 19.1. The fourth-order valence-electron chi connectivity index (χ4n) is 4.62. The number of imidazole rings is 1. The van der Waals surface area contributed by atoms with Gasteiger partial charge in [-0.3, -0.25) is 14.6 Å². The van der Waals surface area contributed by atoms with Crippen molar-refractivity contribution in [1.82, 2.24) is 19.9 Å². The summed E-state index contributed by atoms with van der Waals surface area (Å²) in [6.07, 6.45) is 4.90. The van der Waals surface area contributed by atoms with E-state index in [1.165, 1.54) is 0 Å². The molecular formula is C24H25N5O4S. The predicted octanol–water partition coefficient (Wildman–Crippen LogP) is 2.70. The summed E-state index contributed by atoms with van der Waals surface area (Å²) in [5, 5.41) is 0. The molecule has 0 radical (unpaired) electrons. The van der Waals surface area contributed by atoms with Crippen LogP contribution in [0.15, 0.2) is 35.4 Å². The summed E-state index contributed by atoms with van der Waals surface area (Å²) in [7, 11) is -3.65. The van der Waals surface area contributed by atoms with Gasteiger partial charge < -0.3 is 15.6 Å². The number of rotatable bonds is 6. The Morgan fingerprint density at radius 1 is 1.24 bits per heavy atom.